The van der Waals surface area contributed by atoms with Crippen molar-refractivity contribution in [2.24, 2.45) is 17.8 Å². The SMILES string of the molecule is IC[C@H]1C[C@@H]2CC[C@H]1C2. The molecule has 0 amide bonds. The minimum atomic E-state index is 1.12. The molecule has 0 aromatic rings. The van der Waals surface area contributed by atoms with Crippen molar-refractivity contribution in [3.8, 4) is 0 Å². The maximum Gasteiger partial charge on any atom is 0.00264 e. The normalized spacial score (nSPS) is 48.3. The van der Waals surface area contributed by atoms with Crippen LogP contribution in [0, 0.1) is 17.8 Å². The van der Waals surface area contributed by atoms with Gasteiger partial charge in [-0.05, 0) is 37.0 Å². The van der Waals surface area contributed by atoms with Crippen LogP contribution in [0.5, 0.6) is 0 Å². The van der Waals surface area contributed by atoms with Gasteiger partial charge in [-0.25, -0.2) is 0 Å². The van der Waals surface area contributed by atoms with Gasteiger partial charge in [0, 0.05) is 4.43 Å². The Labute approximate surface area is 70.5 Å². The van der Waals surface area contributed by atoms with Crippen molar-refractivity contribution in [3.63, 3.8) is 0 Å². The van der Waals surface area contributed by atoms with Crippen molar-refractivity contribution >= 4 is 22.6 Å². The first-order valence-electron chi connectivity index (χ1n) is 3.96. The van der Waals surface area contributed by atoms with Gasteiger partial charge in [-0.2, -0.15) is 0 Å². The van der Waals surface area contributed by atoms with E-state index in [-0.39, 0.29) is 0 Å². The van der Waals surface area contributed by atoms with E-state index in [0.29, 0.717) is 0 Å². The van der Waals surface area contributed by atoms with Crippen LogP contribution < -0.4 is 0 Å². The van der Waals surface area contributed by atoms with Gasteiger partial charge in [0.1, 0.15) is 0 Å². The molecule has 2 fully saturated rings. The van der Waals surface area contributed by atoms with E-state index in [0.717, 1.165) is 17.8 Å². The van der Waals surface area contributed by atoms with Crippen LogP contribution in [0.2, 0.25) is 0 Å². The van der Waals surface area contributed by atoms with Crippen molar-refractivity contribution in [2.75, 3.05) is 4.43 Å². The molecular formula is C8H13I. The van der Waals surface area contributed by atoms with E-state index in [4.69, 9.17) is 0 Å². The second kappa shape index (κ2) is 2.40. The Kier molecular flexibility index (Phi) is 1.72. The zero-order chi connectivity index (χ0) is 6.27. The number of rotatable bonds is 1. The third-order valence-electron chi connectivity index (χ3n) is 3.08. The van der Waals surface area contributed by atoms with Crippen molar-refractivity contribution in [1.29, 1.82) is 0 Å². The van der Waals surface area contributed by atoms with E-state index in [1.807, 2.05) is 0 Å². The van der Waals surface area contributed by atoms with Gasteiger partial charge in [-0.1, -0.05) is 29.0 Å². The number of hydrogen-bond donors (Lipinski definition) is 0. The van der Waals surface area contributed by atoms with Crippen LogP contribution in [0.25, 0.3) is 0 Å². The molecule has 0 spiro atoms. The Hall–Kier alpha value is 0.730. The molecular weight excluding hydrogens is 223 g/mol. The lowest BCUT2D eigenvalue weighted by atomic mass is 9.91. The molecule has 2 bridgehead atoms. The average Bonchev–Trinajstić information content (AvgIpc) is 2.45. The summed E-state index contributed by atoms with van der Waals surface area (Å²) in [6, 6.07) is 0. The molecule has 2 aliphatic rings. The molecule has 2 aliphatic carbocycles. The van der Waals surface area contributed by atoms with Crippen LogP contribution in [0.1, 0.15) is 25.7 Å². The number of hydrogen-bond acceptors (Lipinski definition) is 0. The molecule has 0 aromatic heterocycles. The van der Waals surface area contributed by atoms with Gasteiger partial charge >= 0.3 is 0 Å². The maximum atomic E-state index is 2.55. The summed E-state index contributed by atoms with van der Waals surface area (Å²) < 4.78 is 1.42. The first kappa shape index (κ1) is 6.44. The van der Waals surface area contributed by atoms with Crippen LogP contribution in [0.3, 0.4) is 0 Å². The van der Waals surface area contributed by atoms with Crippen LogP contribution in [-0.2, 0) is 0 Å². The molecule has 0 unspecified atom stereocenters. The summed E-state index contributed by atoms with van der Waals surface area (Å²) >= 11 is 2.55. The zero-order valence-corrected chi connectivity index (χ0v) is 7.80. The Morgan fingerprint density at radius 1 is 1.22 bits per heavy atom. The van der Waals surface area contributed by atoms with E-state index in [9.17, 15) is 0 Å². The summed E-state index contributed by atoms with van der Waals surface area (Å²) in [7, 11) is 0. The lowest BCUT2D eigenvalue weighted by Gasteiger charge is -2.18. The summed E-state index contributed by atoms with van der Waals surface area (Å²) in [6.07, 6.45) is 6.25. The summed E-state index contributed by atoms with van der Waals surface area (Å²) in [6.45, 7) is 0. The highest BCUT2D eigenvalue weighted by atomic mass is 127. The molecule has 0 radical (unpaired) electrons. The highest BCUT2D eigenvalue weighted by molar-refractivity contribution is 14.1. The molecule has 9 heavy (non-hydrogen) atoms. The summed E-state index contributed by atoms with van der Waals surface area (Å²) in [5.74, 6) is 3.41. The quantitative estimate of drug-likeness (QED) is 0.485. The lowest BCUT2D eigenvalue weighted by Crippen LogP contribution is -2.10. The monoisotopic (exact) mass is 236 g/mol. The van der Waals surface area contributed by atoms with Crippen molar-refractivity contribution in [2.45, 2.75) is 25.7 Å². The number of halogens is 1. The molecule has 0 aromatic carbocycles. The van der Waals surface area contributed by atoms with Crippen molar-refractivity contribution in [1.82, 2.24) is 0 Å². The molecule has 2 rings (SSSR count). The second-order valence-corrected chi connectivity index (χ2v) is 4.47. The predicted molar refractivity (Wildman–Crippen MR) is 47.8 cm³/mol. The fraction of sp³-hybridized carbons (Fsp3) is 1.00. The van der Waals surface area contributed by atoms with Gasteiger partial charge in [0.25, 0.3) is 0 Å². The molecule has 2 saturated carbocycles. The molecule has 0 heterocycles. The third kappa shape index (κ3) is 1.02. The predicted octanol–water partition coefficient (Wildman–Crippen LogP) is 2.86. The lowest BCUT2D eigenvalue weighted by molar-refractivity contribution is 0.369. The third-order valence-corrected chi connectivity index (χ3v) is 4.21. The number of fused-ring (bicyclic) bond motifs is 2. The van der Waals surface area contributed by atoms with Gasteiger partial charge in [0.15, 0.2) is 0 Å². The number of alkyl halides is 1. The largest absolute Gasteiger partial charge is 0.0861 e. The van der Waals surface area contributed by atoms with Gasteiger partial charge < -0.3 is 0 Å². The van der Waals surface area contributed by atoms with Crippen LogP contribution in [-0.4, -0.2) is 4.43 Å². The minimum Gasteiger partial charge on any atom is -0.0861 e. The topological polar surface area (TPSA) is 0 Å². The fourth-order valence-corrected chi connectivity index (χ4v) is 3.64. The van der Waals surface area contributed by atoms with E-state index >= 15 is 0 Å². The summed E-state index contributed by atoms with van der Waals surface area (Å²) in [5, 5.41) is 0. The van der Waals surface area contributed by atoms with Gasteiger partial charge in [0.2, 0.25) is 0 Å². The molecule has 3 atom stereocenters. The van der Waals surface area contributed by atoms with E-state index < -0.39 is 0 Å². The van der Waals surface area contributed by atoms with Gasteiger partial charge in [-0.3, -0.25) is 0 Å². The smallest absolute Gasteiger partial charge is 0.00264 e. The first-order valence-corrected chi connectivity index (χ1v) is 5.48. The zero-order valence-electron chi connectivity index (χ0n) is 5.65. The standard InChI is InChI=1S/C8H13I/c9-5-8-4-6-1-2-7(8)3-6/h6-8H,1-5H2/t6-,7+,8-/m1/s1. The molecule has 0 N–H and O–H groups in total. The Morgan fingerprint density at radius 2 is 2.11 bits per heavy atom. The summed E-state index contributed by atoms with van der Waals surface area (Å²) in [5.41, 5.74) is 0. The highest BCUT2D eigenvalue weighted by Gasteiger charge is 2.38. The summed E-state index contributed by atoms with van der Waals surface area (Å²) in [4.78, 5) is 0. The second-order valence-electron chi connectivity index (χ2n) is 3.59. The van der Waals surface area contributed by atoms with Crippen LogP contribution >= 0.6 is 22.6 Å². The van der Waals surface area contributed by atoms with E-state index in [1.54, 1.807) is 25.7 Å². The Morgan fingerprint density at radius 3 is 2.44 bits per heavy atom. The first-order chi connectivity index (χ1) is 4.40. The van der Waals surface area contributed by atoms with Crippen molar-refractivity contribution < 1.29 is 0 Å². The molecule has 1 heteroatoms. The molecule has 0 saturated heterocycles. The molecule has 0 aliphatic heterocycles. The van der Waals surface area contributed by atoms with Gasteiger partial charge in [-0.15, -0.1) is 0 Å². The highest BCUT2D eigenvalue weighted by Crippen LogP contribution is 2.48. The van der Waals surface area contributed by atoms with E-state index in [2.05, 4.69) is 22.6 Å². The van der Waals surface area contributed by atoms with Crippen molar-refractivity contribution in [3.05, 3.63) is 0 Å². The fourth-order valence-electron chi connectivity index (χ4n) is 2.57. The minimum absolute atomic E-state index is 1.12. The maximum absolute atomic E-state index is 2.55. The van der Waals surface area contributed by atoms with Crippen LogP contribution in [0.4, 0.5) is 0 Å². The molecule has 52 valence electrons. The Balaban J connectivity index is 2.01. The molecule has 0 nitrogen and oxygen atoms in total. The van der Waals surface area contributed by atoms with E-state index in [1.165, 1.54) is 4.43 Å². The average molecular weight is 236 g/mol. The van der Waals surface area contributed by atoms with Gasteiger partial charge in [0.05, 0.1) is 0 Å². The van der Waals surface area contributed by atoms with Crippen LogP contribution in [0.15, 0.2) is 0 Å². The Bertz CT molecular complexity index is 111.